The van der Waals surface area contributed by atoms with Crippen LogP contribution in [0.4, 0.5) is 25.0 Å². The van der Waals surface area contributed by atoms with Gasteiger partial charge in [0.25, 0.3) is 0 Å². The van der Waals surface area contributed by atoms with Crippen LogP contribution in [0.2, 0.25) is 0 Å². The molecule has 0 radical (unpaired) electrons. The smallest absolute Gasteiger partial charge is 0.415 e. The molecule has 4 aromatic carbocycles. The number of hydrogen-bond donors (Lipinski definition) is 0. The lowest BCUT2D eigenvalue weighted by molar-refractivity contribution is -0.0419. The second-order valence-electron chi connectivity index (χ2n) is 9.81. The number of anilines is 2. The number of benzene rings is 4. The van der Waals surface area contributed by atoms with Crippen molar-refractivity contribution in [3.05, 3.63) is 126 Å². The molecule has 0 aliphatic carbocycles. The predicted octanol–water partition coefficient (Wildman–Crippen LogP) is 6.52. The molecule has 0 aromatic heterocycles. The van der Waals surface area contributed by atoms with E-state index >= 15 is 0 Å². The van der Waals surface area contributed by atoms with Crippen LogP contribution in [0.5, 0.6) is 5.75 Å². The summed E-state index contributed by atoms with van der Waals surface area (Å²) in [5, 5.41) is 0. The fraction of sp³-hybridized carbons (Fsp3) is 0.219. The summed E-state index contributed by atoms with van der Waals surface area (Å²) in [7, 11) is 0. The summed E-state index contributed by atoms with van der Waals surface area (Å²) in [4.78, 5) is 16.9. The summed E-state index contributed by atoms with van der Waals surface area (Å²) in [6.45, 7) is 1.94. The number of morpholine rings is 1. The fourth-order valence-corrected chi connectivity index (χ4v) is 5.25. The van der Waals surface area contributed by atoms with Crippen molar-refractivity contribution in [1.82, 2.24) is 0 Å². The van der Waals surface area contributed by atoms with E-state index in [2.05, 4.69) is 4.90 Å². The van der Waals surface area contributed by atoms with Gasteiger partial charge in [-0.2, -0.15) is 0 Å². The van der Waals surface area contributed by atoms with Gasteiger partial charge >= 0.3 is 6.09 Å². The van der Waals surface area contributed by atoms with Crippen molar-refractivity contribution in [3.8, 4) is 5.75 Å². The second kappa shape index (κ2) is 11.4. The molecule has 40 heavy (non-hydrogen) atoms. The molecule has 2 aliphatic heterocycles. The maximum atomic E-state index is 13.7. The minimum atomic E-state index is -0.642. The lowest BCUT2D eigenvalue weighted by Crippen LogP contribution is -2.49. The van der Waals surface area contributed by atoms with Crippen molar-refractivity contribution in [2.24, 2.45) is 0 Å². The normalized spacial score (nSPS) is 20.9. The SMILES string of the molecule is O=C1OC(C2CN(c3ccc(F)cc3)CCO2)C(c2ccc(OCc3ccccc3)cc2)N1c1ccc(F)cc1. The Hall–Kier alpha value is -4.43. The van der Waals surface area contributed by atoms with Crippen molar-refractivity contribution in [2.75, 3.05) is 29.5 Å². The third-order valence-corrected chi connectivity index (χ3v) is 7.25. The van der Waals surface area contributed by atoms with Crippen molar-refractivity contribution < 1.29 is 27.8 Å². The lowest BCUT2D eigenvalue weighted by atomic mass is 9.95. The molecule has 0 N–H and O–H groups in total. The third-order valence-electron chi connectivity index (χ3n) is 7.25. The second-order valence-corrected chi connectivity index (χ2v) is 9.81. The van der Waals surface area contributed by atoms with Crippen LogP contribution in [0.1, 0.15) is 17.2 Å². The summed E-state index contributed by atoms with van der Waals surface area (Å²) in [5.41, 5.74) is 3.28. The molecule has 8 heteroatoms. The number of hydrogen-bond acceptors (Lipinski definition) is 5. The molecule has 3 atom stereocenters. The van der Waals surface area contributed by atoms with E-state index < -0.39 is 30.2 Å². The van der Waals surface area contributed by atoms with Crippen molar-refractivity contribution in [3.63, 3.8) is 0 Å². The van der Waals surface area contributed by atoms with Gasteiger partial charge in [0, 0.05) is 24.5 Å². The summed E-state index contributed by atoms with van der Waals surface area (Å²) in [6, 6.07) is 29.0. The molecule has 2 fully saturated rings. The van der Waals surface area contributed by atoms with E-state index in [1.165, 1.54) is 24.3 Å². The largest absolute Gasteiger partial charge is 0.489 e. The van der Waals surface area contributed by atoms with Crippen LogP contribution in [-0.2, 0) is 16.1 Å². The zero-order valence-electron chi connectivity index (χ0n) is 21.7. The highest BCUT2D eigenvalue weighted by Gasteiger charge is 2.49. The standard InChI is InChI=1S/C32H28F2N2O4/c33-24-8-12-26(13-9-24)35-18-19-38-29(20-35)31-30(36(32(37)40-31)27-14-10-25(34)11-15-27)23-6-16-28(17-7-23)39-21-22-4-2-1-3-5-22/h1-17,29-31H,18-21H2. The zero-order valence-corrected chi connectivity index (χ0v) is 21.7. The number of carbonyl (C=O) groups excluding carboxylic acids is 1. The monoisotopic (exact) mass is 542 g/mol. The summed E-state index contributed by atoms with van der Waals surface area (Å²) in [6.07, 6.45) is -1.63. The first kappa shape index (κ1) is 25.8. The van der Waals surface area contributed by atoms with Crippen LogP contribution in [0.15, 0.2) is 103 Å². The average molecular weight is 543 g/mol. The van der Waals surface area contributed by atoms with Crippen LogP contribution in [0.25, 0.3) is 0 Å². The average Bonchev–Trinajstić information content (AvgIpc) is 3.34. The number of ether oxygens (including phenoxy) is 3. The number of carbonyl (C=O) groups is 1. The topological polar surface area (TPSA) is 51.2 Å². The van der Waals surface area contributed by atoms with E-state index in [4.69, 9.17) is 14.2 Å². The molecule has 204 valence electrons. The first-order chi connectivity index (χ1) is 19.5. The highest BCUT2D eigenvalue weighted by molar-refractivity contribution is 5.91. The molecule has 0 spiro atoms. The van der Waals surface area contributed by atoms with Crippen molar-refractivity contribution in [1.29, 1.82) is 0 Å². The number of cyclic esters (lactones) is 1. The highest BCUT2D eigenvalue weighted by Crippen LogP contribution is 2.41. The van der Waals surface area contributed by atoms with Crippen LogP contribution in [0, 0.1) is 11.6 Å². The number of halogens is 2. The molecule has 4 aromatic rings. The minimum Gasteiger partial charge on any atom is -0.489 e. The Bertz CT molecular complexity index is 1430. The molecule has 2 saturated heterocycles. The van der Waals surface area contributed by atoms with Gasteiger partial charge < -0.3 is 19.1 Å². The van der Waals surface area contributed by atoms with Crippen LogP contribution in [0.3, 0.4) is 0 Å². The Morgan fingerprint density at radius 3 is 2.12 bits per heavy atom. The molecule has 2 heterocycles. The maximum Gasteiger partial charge on any atom is 0.415 e. The molecule has 1 amide bonds. The lowest BCUT2D eigenvalue weighted by Gasteiger charge is -2.38. The molecule has 2 aliphatic rings. The maximum absolute atomic E-state index is 13.7. The summed E-state index contributed by atoms with van der Waals surface area (Å²) in [5.74, 6) is -0.00139. The molecular formula is C32H28F2N2O4. The Kier molecular flexibility index (Phi) is 7.33. The van der Waals surface area contributed by atoms with Crippen LogP contribution in [-0.4, -0.2) is 38.0 Å². The van der Waals surface area contributed by atoms with Crippen LogP contribution < -0.4 is 14.5 Å². The van der Waals surface area contributed by atoms with Gasteiger partial charge in [-0.15, -0.1) is 0 Å². The van der Waals surface area contributed by atoms with Gasteiger partial charge in [0.05, 0.1) is 6.61 Å². The first-order valence-electron chi connectivity index (χ1n) is 13.2. The van der Waals surface area contributed by atoms with E-state index in [0.717, 1.165) is 16.8 Å². The zero-order chi connectivity index (χ0) is 27.5. The van der Waals surface area contributed by atoms with E-state index in [-0.39, 0.29) is 5.82 Å². The molecule has 0 bridgehead atoms. The Morgan fingerprint density at radius 1 is 0.800 bits per heavy atom. The molecule has 6 rings (SSSR count). The van der Waals surface area contributed by atoms with Crippen molar-refractivity contribution >= 4 is 17.5 Å². The predicted molar refractivity (Wildman–Crippen MR) is 147 cm³/mol. The van der Waals surface area contributed by atoms with Gasteiger partial charge in [0.2, 0.25) is 0 Å². The third kappa shape index (κ3) is 5.49. The Morgan fingerprint density at radius 2 is 1.45 bits per heavy atom. The van der Waals surface area contributed by atoms with Gasteiger partial charge in [0.1, 0.15) is 36.1 Å². The Balaban J connectivity index is 1.28. The highest BCUT2D eigenvalue weighted by atomic mass is 19.1. The van der Waals surface area contributed by atoms with E-state index in [1.54, 1.807) is 29.2 Å². The molecule has 6 nitrogen and oxygen atoms in total. The van der Waals surface area contributed by atoms with E-state index in [9.17, 15) is 13.6 Å². The van der Waals surface area contributed by atoms with E-state index in [1.807, 2.05) is 54.6 Å². The van der Waals surface area contributed by atoms with Crippen molar-refractivity contribution in [2.45, 2.75) is 24.9 Å². The van der Waals surface area contributed by atoms with Gasteiger partial charge in [-0.1, -0.05) is 42.5 Å². The van der Waals surface area contributed by atoms with Crippen LogP contribution >= 0.6 is 0 Å². The van der Waals surface area contributed by atoms with Gasteiger partial charge in [0.15, 0.2) is 6.10 Å². The summed E-state index contributed by atoms with van der Waals surface area (Å²) < 4.78 is 45.3. The van der Waals surface area contributed by atoms with E-state index in [0.29, 0.717) is 37.7 Å². The molecule has 0 saturated carbocycles. The van der Waals surface area contributed by atoms with Gasteiger partial charge in [-0.05, 0) is 71.8 Å². The molecule has 3 unspecified atom stereocenters. The fourth-order valence-electron chi connectivity index (χ4n) is 5.25. The number of nitrogens with zero attached hydrogens (tertiary/aromatic N) is 2. The first-order valence-corrected chi connectivity index (χ1v) is 13.2. The Labute approximate surface area is 231 Å². The van der Waals surface area contributed by atoms with Gasteiger partial charge in [-0.3, -0.25) is 4.90 Å². The number of amides is 1. The molecular weight excluding hydrogens is 514 g/mol. The quantitative estimate of drug-likeness (QED) is 0.266. The van der Waals surface area contributed by atoms with Gasteiger partial charge in [-0.25, -0.2) is 13.6 Å². The minimum absolute atomic E-state index is 0.301. The summed E-state index contributed by atoms with van der Waals surface area (Å²) >= 11 is 0. The number of rotatable bonds is 7.